The summed E-state index contributed by atoms with van der Waals surface area (Å²) in [6.45, 7) is 1.88. The molecule has 5 heteroatoms. The third-order valence-corrected chi connectivity index (χ3v) is 2.30. The predicted octanol–water partition coefficient (Wildman–Crippen LogP) is 3.02. The molecule has 0 saturated carbocycles. The van der Waals surface area contributed by atoms with Crippen molar-refractivity contribution in [2.45, 2.75) is 19.4 Å². The van der Waals surface area contributed by atoms with Gasteiger partial charge in [-0.2, -0.15) is 0 Å². The van der Waals surface area contributed by atoms with Gasteiger partial charge in [0.25, 0.3) is 0 Å². The van der Waals surface area contributed by atoms with Gasteiger partial charge in [-0.25, -0.2) is 4.39 Å². The van der Waals surface area contributed by atoms with Gasteiger partial charge in [-0.05, 0) is 12.5 Å². The molecule has 0 aliphatic heterocycles. The average molecular weight is 240 g/mol. The van der Waals surface area contributed by atoms with E-state index in [9.17, 15) is 9.50 Å². The second-order valence-corrected chi connectivity index (χ2v) is 3.19. The number of phenols is 1. The second kappa shape index (κ2) is 5.39. The number of nitrogens with two attached hydrogens (primary N) is 1. The van der Waals surface area contributed by atoms with Crippen molar-refractivity contribution in [3.63, 3.8) is 0 Å². The molecule has 3 N–H and O–H groups in total. The number of aromatic hydroxyl groups is 1. The maximum Gasteiger partial charge on any atom is 0.145 e. The SMILES string of the molecule is CC[C@@H](N)c1ccc(F)c(Cl)c1O.Cl. The lowest BCUT2D eigenvalue weighted by Gasteiger charge is -2.12. The third-order valence-electron chi connectivity index (χ3n) is 1.94. The van der Waals surface area contributed by atoms with Crippen molar-refractivity contribution in [1.82, 2.24) is 0 Å². The molecule has 0 aliphatic rings. The van der Waals surface area contributed by atoms with Gasteiger partial charge >= 0.3 is 0 Å². The van der Waals surface area contributed by atoms with Crippen LogP contribution in [0.3, 0.4) is 0 Å². The van der Waals surface area contributed by atoms with Gasteiger partial charge in [0.15, 0.2) is 0 Å². The summed E-state index contributed by atoms with van der Waals surface area (Å²) in [5.74, 6) is -0.887. The molecule has 1 aromatic carbocycles. The molecule has 0 aromatic heterocycles. The van der Waals surface area contributed by atoms with Gasteiger partial charge < -0.3 is 10.8 Å². The van der Waals surface area contributed by atoms with E-state index >= 15 is 0 Å². The molecule has 1 aromatic rings. The summed E-state index contributed by atoms with van der Waals surface area (Å²) in [6, 6.07) is 2.34. The number of hydrogen-bond acceptors (Lipinski definition) is 2. The Balaban J connectivity index is 0.00000169. The highest BCUT2D eigenvalue weighted by Crippen LogP contribution is 2.33. The van der Waals surface area contributed by atoms with Crippen LogP contribution >= 0.6 is 24.0 Å². The van der Waals surface area contributed by atoms with Gasteiger partial charge in [-0.15, -0.1) is 12.4 Å². The van der Waals surface area contributed by atoms with Gasteiger partial charge in [0.1, 0.15) is 16.6 Å². The minimum absolute atomic E-state index is 0. The Hall–Kier alpha value is -0.510. The van der Waals surface area contributed by atoms with E-state index in [1.54, 1.807) is 0 Å². The first-order valence-corrected chi connectivity index (χ1v) is 4.38. The van der Waals surface area contributed by atoms with Crippen molar-refractivity contribution in [3.05, 3.63) is 28.5 Å². The summed E-state index contributed by atoms with van der Waals surface area (Å²) in [6.07, 6.45) is 0.662. The Bertz CT molecular complexity index is 320. The zero-order valence-electron chi connectivity index (χ0n) is 7.63. The fraction of sp³-hybridized carbons (Fsp3) is 0.333. The van der Waals surface area contributed by atoms with E-state index in [1.165, 1.54) is 12.1 Å². The fourth-order valence-electron chi connectivity index (χ4n) is 1.07. The minimum atomic E-state index is -0.633. The lowest BCUT2D eigenvalue weighted by molar-refractivity contribution is 0.454. The standard InChI is InChI=1S/C9H11ClFNO.ClH/c1-2-7(12)5-3-4-6(11)8(10)9(5)13;/h3-4,7,13H,2,12H2,1H3;1H/t7-;/m1./s1. The predicted molar refractivity (Wildman–Crippen MR) is 57.5 cm³/mol. The molecule has 14 heavy (non-hydrogen) atoms. The van der Waals surface area contributed by atoms with Crippen molar-refractivity contribution >= 4 is 24.0 Å². The van der Waals surface area contributed by atoms with Crippen molar-refractivity contribution in [2.24, 2.45) is 5.73 Å². The molecule has 80 valence electrons. The smallest absolute Gasteiger partial charge is 0.145 e. The van der Waals surface area contributed by atoms with Gasteiger partial charge in [-0.1, -0.05) is 24.6 Å². The third kappa shape index (κ3) is 2.50. The van der Waals surface area contributed by atoms with Crippen LogP contribution in [-0.4, -0.2) is 5.11 Å². The highest BCUT2D eigenvalue weighted by Gasteiger charge is 2.14. The lowest BCUT2D eigenvalue weighted by Crippen LogP contribution is -2.09. The van der Waals surface area contributed by atoms with Crippen LogP contribution in [0.5, 0.6) is 5.75 Å². The van der Waals surface area contributed by atoms with Gasteiger partial charge in [0.2, 0.25) is 0 Å². The first-order chi connectivity index (χ1) is 6.07. The van der Waals surface area contributed by atoms with E-state index in [-0.39, 0.29) is 29.2 Å². The highest BCUT2D eigenvalue weighted by molar-refractivity contribution is 6.32. The summed E-state index contributed by atoms with van der Waals surface area (Å²) in [4.78, 5) is 0. The molecule has 0 unspecified atom stereocenters. The molecule has 1 atom stereocenters. The number of rotatable bonds is 2. The topological polar surface area (TPSA) is 46.2 Å². The molecular weight excluding hydrogens is 228 g/mol. The quantitative estimate of drug-likeness (QED) is 0.834. The summed E-state index contributed by atoms with van der Waals surface area (Å²) >= 11 is 5.50. The van der Waals surface area contributed by atoms with Crippen LogP contribution in [0.1, 0.15) is 24.9 Å². The van der Waals surface area contributed by atoms with Crippen LogP contribution in [0.2, 0.25) is 5.02 Å². The summed E-state index contributed by atoms with van der Waals surface area (Å²) in [5.41, 5.74) is 6.15. The van der Waals surface area contributed by atoms with Crippen LogP contribution in [0.15, 0.2) is 12.1 Å². The number of halogens is 3. The Morgan fingerprint density at radius 3 is 2.64 bits per heavy atom. The molecule has 1 rings (SSSR count). The zero-order valence-corrected chi connectivity index (χ0v) is 9.20. The normalized spacial score (nSPS) is 12.0. The van der Waals surface area contributed by atoms with E-state index in [4.69, 9.17) is 17.3 Å². The van der Waals surface area contributed by atoms with Gasteiger partial charge in [0.05, 0.1) is 0 Å². The van der Waals surface area contributed by atoms with Gasteiger partial charge in [0, 0.05) is 11.6 Å². The Morgan fingerprint density at radius 2 is 2.14 bits per heavy atom. The summed E-state index contributed by atoms with van der Waals surface area (Å²) in [7, 11) is 0. The molecule has 0 fully saturated rings. The molecule has 0 aliphatic carbocycles. The molecular formula is C9H12Cl2FNO. The monoisotopic (exact) mass is 239 g/mol. The average Bonchev–Trinajstić information content (AvgIpc) is 2.13. The van der Waals surface area contributed by atoms with E-state index in [0.29, 0.717) is 12.0 Å². The van der Waals surface area contributed by atoms with E-state index < -0.39 is 5.82 Å². The molecule has 0 spiro atoms. The molecule has 0 saturated heterocycles. The minimum Gasteiger partial charge on any atom is -0.506 e. The molecule has 0 amide bonds. The van der Waals surface area contributed by atoms with E-state index in [1.807, 2.05) is 6.92 Å². The maximum absolute atomic E-state index is 12.8. The number of benzene rings is 1. The summed E-state index contributed by atoms with van der Waals surface area (Å²) < 4.78 is 12.8. The van der Waals surface area contributed by atoms with Crippen molar-refractivity contribution in [3.8, 4) is 5.75 Å². The van der Waals surface area contributed by atoms with E-state index in [2.05, 4.69) is 0 Å². The van der Waals surface area contributed by atoms with E-state index in [0.717, 1.165) is 0 Å². The number of hydrogen-bond donors (Lipinski definition) is 2. The van der Waals surface area contributed by atoms with Crippen molar-refractivity contribution in [2.75, 3.05) is 0 Å². The molecule has 0 heterocycles. The fourth-order valence-corrected chi connectivity index (χ4v) is 1.25. The van der Waals surface area contributed by atoms with Crippen LogP contribution in [0.25, 0.3) is 0 Å². The Morgan fingerprint density at radius 1 is 1.57 bits per heavy atom. The van der Waals surface area contributed by atoms with Crippen molar-refractivity contribution in [1.29, 1.82) is 0 Å². The number of phenolic OH excluding ortho intramolecular Hbond substituents is 1. The van der Waals surface area contributed by atoms with Crippen molar-refractivity contribution < 1.29 is 9.50 Å². The Labute approximate surface area is 93.3 Å². The lowest BCUT2D eigenvalue weighted by atomic mass is 10.0. The zero-order chi connectivity index (χ0) is 10.0. The van der Waals surface area contributed by atoms with Crippen LogP contribution in [0, 0.1) is 5.82 Å². The van der Waals surface area contributed by atoms with Crippen LogP contribution in [0.4, 0.5) is 4.39 Å². The maximum atomic E-state index is 12.8. The summed E-state index contributed by atoms with van der Waals surface area (Å²) in [5, 5.41) is 9.17. The first-order valence-electron chi connectivity index (χ1n) is 4.00. The van der Waals surface area contributed by atoms with Gasteiger partial charge in [-0.3, -0.25) is 0 Å². The molecule has 2 nitrogen and oxygen atoms in total. The Kier molecular flexibility index (Phi) is 5.19. The molecule has 0 radical (unpaired) electrons. The second-order valence-electron chi connectivity index (χ2n) is 2.81. The highest BCUT2D eigenvalue weighted by atomic mass is 35.5. The van der Waals surface area contributed by atoms with Crippen LogP contribution in [-0.2, 0) is 0 Å². The van der Waals surface area contributed by atoms with Crippen LogP contribution < -0.4 is 5.73 Å². The largest absolute Gasteiger partial charge is 0.506 e. The first kappa shape index (κ1) is 13.5. The molecule has 0 bridgehead atoms.